The number of fused-ring (bicyclic) bond motifs is 1. The average molecular weight is 435 g/mol. The zero-order valence-corrected chi connectivity index (χ0v) is 17.5. The first-order valence-corrected chi connectivity index (χ1v) is 12.2. The minimum absolute atomic E-state index is 0.0383. The van der Waals surface area contributed by atoms with Gasteiger partial charge in [0.1, 0.15) is 5.82 Å². The number of hydrogen-bond donors (Lipinski definition) is 2. The molecule has 1 fully saturated rings. The van der Waals surface area contributed by atoms with Gasteiger partial charge < -0.3 is 5.32 Å². The SMILES string of the molecule is O=C(NC1CCSc2ccc(F)cc21)c1cccc(S(=O)(=O)NC2CCCC2)c1. The predicted molar refractivity (Wildman–Crippen MR) is 111 cm³/mol. The monoisotopic (exact) mass is 434 g/mol. The molecule has 0 bridgehead atoms. The van der Waals surface area contributed by atoms with Gasteiger partial charge in [0, 0.05) is 22.3 Å². The van der Waals surface area contributed by atoms with Crippen LogP contribution < -0.4 is 10.0 Å². The summed E-state index contributed by atoms with van der Waals surface area (Å²) < 4.78 is 41.8. The van der Waals surface area contributed by atoms with Gasteiger partial charge in [0.25, 0.3) is 5.91 Å². The van der Waals surface area contributed by atoms with E-state index in [1.165, 1.54) is 24.3 Å². The molecule has 0 spiro atoms. The summed E-state index contributed by atoms with van der Waals surface area (Å²) in [5.74, 6) is 0.121. The maximum atomic E-state index is 13.7. The Morgan fingerprint density at radius 2 is 1.86 bits per heavy atom. The molecule has 0 aromatic heterocycles. The van der Waals surface area contributed by atoms with Gasteiger partial charge in [-0.2, -0.15) is 0 Å². The van der Waals surface area contributed by atoms with Gasteiger partial charge in [0.15, 0.2) is 0 Å². The van der Waals surface area contributed by atoms with Crippen molar-refractivity contribution in [3.8, 4) is 0 Å². The van der Waals surface area contributed by atoms with Gasteiger partial charge in [-0.15, -0.1) is 11.8 Å². The molecule has 1 heterocycles. The Balaban J connectivity index is 1.52. The standard InChI is InChI=1S/C21H23FN2O3S2/c22-15-8-9-20-18(13-15)19(10-11-28-20)23-21(25)14-4-3-7-17(12-14)29(26,27)24-16-5-1-2-6-16/h3-4,7-9,12-13,16,19,24H,1-2,5-6,10-11H2,(H,23,25). The summed E-state index contributed by atoms with van der Waals surface area (Å²) in [5.41, 5.74) is 1.04. The van der Waals surface area contributed by atoms with Crippen molar-refractivity contribution < 1.29 is 17.6 Å². The van der Waals surface area contributed by atoms with Crippen molar-refractivity contribution in [2.45, 2.75) is 54.0 Å². The number of carbonyl (C=O) groups is 1. The second-order valence-corrected chi connectivity index (χ2v) is 10.3. The summed E-state index contributed by atoms with van der Waals surface area (Å²) in [4.78, 5) is 13.8. The Morgan fingerprint density at radius 1 is 1.07 bits per heavy atom. The van der Waals surface area contributed by atoms with Crippen molar-refractivity contribution in [1.29, 1.82) is 0 Å². The summed E-state index contributed by atoms with van der Waals surface area (Å²) in [7, 11) is -3.67. The normalized spacial score (nSPS) is 19.7. The van der Waals surface area contributed by atoms with Crippen LogP contribution >= 0.6 is 11.8 Å². The lowest BCUT2D eigenvalue weighted by atomic mass is 10.0. The molecule has 154 valence electrons. The third-order valence-electron chi connectivity index (χ3n) is 5.40. The first-order valence-electron chi connectivity index (χ1n) is 9.78. The third kappa shape index (κ3) is 4.65. The first-order chi connectivity index (χ1) is 13.9. The third-order valence-corrected chi connectivity index (χ3v) is 8.04. The topological polar surface area (TPSA) is 75.3 Å². The van der Waals surface area contributed by atoms with Crippen LogP contribution in [0.25, 0.3) is 0 Å². The van der Waals surface area contributed by atoms with E-state index in [9.17, 15) is 17.6 Å². The summed E-state index contributed by atoms with van der Waals surface area (Å²) in [5, 5.41) is 2.94. The minimum atomic E-state index is -3.67. The maximum absolute atomic E-state index is 13.7. The number of hydrogen-bond acceptors (Lipinski definition) is 4. The van der Waals surface area contributed by atoms with Crippen LogP contribution in [-0.2, 0) is 10.0 Å². The fourth-order valence-corrected chi connectivity index (χ4v) is 6.35. The lowest BCUT2D eigenvalue weighted by Crippen LogP contribution is -2.33. The Hall–Kier alpha value is -1.90. The predicted octanol–water partition coefficient (Wildman–Crippen LogP) is 4.01. The molecule has 4 rings (SSSR count). The van der Waals surface area contributed by atoms with Gasteiger partial charge in [-0.25, -0.2) is 17.5 Å². The van der Waals surface area contributed by atoms with E-state index in [1.807, 2.05) is 0 Å². The largest absolute Gasteiger partial charge is 0.345 e. The number of halogens is 1. The van der Waals surface area contributed by atoms with Crippen LogP contribution in [0.4, 0.5) is 4.39 Å². The van der Waals surface area contributed by atoms with Gasteiger partial charge in [-0.3, -0.25) is 4.79 Å². The molecular formula is C21H23FN2O3S2. The van der Waals surface area contributed by atoms with E-state index in [0.29, 0.717) is 6.42 Å². The number of thioether (sulfide) groups is 1. The number of rotatable bonds is 5. The molecule has 1 atom stereocenters. The number of carbonyl (C=O) groups excluding carboxylic acids is 1. The van der Waals surface area contributed by atoms with Crippen LogP contribution in [0.1, 0.15) is 54.1 Å². The molecule has 8 heteroatoms. The van der Waals surface area contributed by atoms with E-state index in [0.717, 1.165) is 41.9 Å². The summed E-state index contributed by atoms with van der Waals surface area (Å²) in [6, 6.07) is 10.3. The molecule has 1 saturated carbocycles. The quantitative estimate of drug-likeness (QED) is 0.746. The molecule has 1 unspecified atom stereocenters. The molecule has 2 aromatic rings. The van der Waals surface area contributed by atoms with Gasteiger partial charge in [-0.1, -0.05) is 18.9 Å². The fourth-order valence-electron chi connectivity index (χ4n) is 3.89. The average Bonchev–Trinajstić information content (AvgIpc) is 3.21. The molecule has 0 saturated heterocycles. The highest BCUT2D eigenvalue weighted by atomic mass is 32.2. The van der Waals surface area contributed by atoms with Crippen LogP contribution in [0.15, 0.2) is 52.3 Å². The molecular weight excluding hydrogens is 411 g/mol. The van der Waals surface area contributed by atoms with Crippen molar-refractivity contribution in [2.24, 2.45) is 0 Å². The highest BCUT2D eigenvalue weighted by Gasteiger charge is 2.26. The smallest absolute Gasteiger partial charge is 0.251 e. The van der Waals surface area contributed by atoms with Crippen molar-refractivity contribution in [3.05, 3.63) is 59.4 Å². The Kier molecular flexibility index (Phi) is 5.94. The zero-order chi connectivity index (χ0) is 20.4. The van der Waals surface area contributed by atoms with E-state index in [-0.39, 0.29) is 34.3 Å². The number of nitrogens with one attached hydrogen (secondary N) is 2. The van der Waals surface area contributed by atoms with Crippen LogP contribution in [0.3, 0.4) is 0 Å². The van der Waals surface area contributed by atoms with Crippen molar-refractivity contribution in [1.82, 2.24) is 10.0 Å². The molecule has 2 aromatic carbocycles. The van der Waals surface area contributed by atoms with Crippen LogP contribution in [0.2, 0.25) is 0 Å². The highest BCUT2D eigenvalue weighted by molar-refractivity contribution is 7.99. The minimum Gasteiger partial charge on any atom is -0.345 e. The van der Waals surface area contributed by atoms with E-state index >= 15 is 0 Å². The number of benzene rings is 2. The van der Waals surface area contributed by atoms with Gasteiger partial charge in [0.05, 0.1) is 10.9 Å². The zero-order valence-electron chi connectivity index (χ0n) is 15.9. The maximum Gasteiger partial charge on any atom is 0.251 e. The Morgan fingerprint density at radius 3 is 2.66 bits per heavy atom. The van der Waals surface area contributed by atoms with Crippen LogP contribution in [-0.4, -0.2) is 26.1 Å². The highest BCUT2D eigenvalue weighted by Crippen LogP contribution is 2.36. The van der Waals surface area contributed by atoms with E-state index in [1.54, 1.807) is 30.0 Å². The van der Waals surface area contributed by atoms with Crippen molar-refractivity contribution in [2.75, 3.05) is 5.75 Å². The molecule has 2 N–H and O–H groups in total. The number of sulfonamides is 1. The summed E-state index contributed by atoms with van der Waals surface area (Å²) >= 11 is 1.64. The molecule has 29 heavy (non-hydrogen) atoms. The summed E-state index contributed by atoms with van der Waals surface area (Å²) in [6.07, 6.45) is 4.42. The fraction of sp³-hybridized carbons (Fsp3) is 0.381. The number of amides is 1. The molecule has 0 radical (unpaired) electrons. The van der Waals surface area contributed by atoms with Gasteiger partial charge in [-0.05, 0) is 61.2 Å². The summed E-state index contributed by atoms with van der Waals surface area (Å²) in [6.45, 7) is 0. The van der Waals surface area contributed by atoms with Crippen molar-refractivity contribution >= 4 is 27.7 Å². The molecule has 1 amide bonds. The molecule has 2 aliphatic rings. The lowest BCUT2D eigenvalue weighted by Gasteiger charge is -2.26. The lowest BCUT2D eigenvalue weighted by molar-refractivity contribution is 0.0934. The first kappa shape index (κ1) is 20.4. The van der Waals surface area contributed by atoms with Crippen LogP contribution in [0, 0.1) is 5.82 Å². The van der Waals surface area contributed by atoms with Gasteiger partial charge >= 0.3 is 0 Å². The molecule has 1 aliphatic heterocycles. The van der Waals surface area contributed by atoms with Crippen LogP contribution in [0.5, 0.6) is 0 Å². The Bertz CT molecular complexity index is 1020. The van der Waals surface area contributed by atoms with E-state index in [4.69, 9.17) is 0 Å². The molecule has 1 aliphatic carbocycles. The van der Waals surface area contributed by atoms with E-state index < -0.39 is 10.0 Å². The van der Waals surface area contributed by atoms with E-state index in [2.05, 4.69) is 10.0 Å². The second kappa shape index (κ2) is 8.45. The second-order valence-electron chi connectivity index (χ2n) is 7.48. The van der Waals surface area contributed by atoms with Crippen molar-refractivity contribution in [3.63, 3.8) is 0 Å². The molecule has 5 nitrogen and oxygen atoms in total. The Labute approximate surface area is 174 Å². The van der Waals surface area contributed by atoms with Gasteiger partial charge in [0.2, 0.25) is 10.0 Å².